The zero-order valence-corrected chi connectivity index (χ0v) is 11.5. The molecule has 1 heterocycles. The van der Waals surface area contributed by atoms with E-state index in [-0.39, 0.29) is 0 Å². The van der Waals surface area contributed by atoms with Crippen LogP contribution < -0.4 is 5.32 Å². The first-order valence-corrected chi connectivity index (χ1v) is 6.52. The number of rotatable bonds is 5. The summed E-state index contributed by atoms with van der Waals surface area (Å²) in [5, 5.41) is 8.53. The Bertz CT molecular complexity index is 505. The van der Waals surface area contributed by atoms with Crippen LogP contribution in [0.2, 0.25) is 5.02 Å². The van der Waals surface area contributed by atoms with Crippen molar-refractivity contribution in [3.63, 3.8) is 0 Å². The lowest BCUT2D eigenvalue weighted by atomic mass is 10.2. The Morgan fingerprint density at radius 1 is 1.28 bits per heavy atom. The molecule has 0 saturated heterocycles. The van der Waals surface area contributed by atoms with E-state index in [0.29, 0.717) is 12.6 Å². The van der Waals surface area contributed by atoms with Crippen molar-refractivity contribution in [2.24, 2.45) is 0 Å². The van der Waals surface area contributed by atoms with E-state index < -0.39 is 0 Å². The average molecular weight is 264 g/mol. The Morgan fingerprint density at radius 3 is 2.78 bits per heavy atom. The molecule has 0 saturated carbocycles. The molecule has 0 amide bonds. The molecule has 96 valence electrons. The maximum Gasteiger partial charge on any atom is 0.0677 e. The predicted molar refractivity (Wildman–Crippen MR) is 74.8 cm³/mol. The normalized spacial score (nSPS) is 11.1. The van der Waals surface area contributed by atoms with Gasteiger partial charge in [0.05, 0.1) is 12.2 Å². The fourth-order valence-corrected chi connectivity index (χ4v) is 1.94. The van der Waals surface area contributed by atoms with Crippen molar-refractivity contribution in [2.75, 3.05) is 0 Å². The third-order valence-corrected chi connectivity index (χ3v) is 3.14. The van der Waals surface area contributed by atoms with Gasteiger partial charge in [-0.3, -0.25) is 4.68 Å². The monoisotopic (exact) mass is 263 g/mol. The highest BCUT2D eigenvalue weighted by molar-refractivity contribution is 6.31. The molecule has 1 N–H and O–H groups in total. The minimum Gasteiger partial charge on any atom is -0.309 e. The first-order valence-electron chi connectivity index (χ1n) is 6.14. The third kappa shape index (κ3) is 3.34. The molecule has 18 heavy (non-hydrogen) atoms. The third-order valence-electron chi connectivity index (χ3n) is 2.77. The van der Waals surface area contributed by atoms with Gasteiger partial charge in [0.1, 0.15) is 0 Å². The molecule has 3 nitrogen and oxygen atoms in total. The van der Waals surface area contributed by atoms with Gasteiger partial charge in [-0.25, -0.2) is 0 Å². The zero-order chi connectivity index (χ0) is 13.0. The first kappa shape index (κ1) is 13.1. The Labute approximate surface area is 113 Å². The Morgan fingerprint density at radius 2 is 2.06 bits per heavy atom. The van der Waals surface area contributed by atoms with E-state index in [4.69, 9.17) is 11.6 Å². The maximum absolute atomic E-state index is 6.16. The van der Waals surface area contributed by atoms with Gasteiger partial charge in [0, 0.05) is 23.8 Å². The highest BCUT2D eigenvalue weighted by Gasteiger charge is 2.06. The van der Waals surface area contributed by atoms with E-state index in [1.807, 2.05) is 41.2 Å². The Hall–Kier alpha value is -1.32. The molecule has 0 atom stereocenters. The first-order chi connectivity index (χ1) is 8.66. The molecule has 2 rings (SSSR count). The summed E-state index contributed by atoms with van der Waals surface area (Å²) >= 11 is 6.16. The number of halogens is 1. The molecular weight excluding hydrogens is 246 g/mol. The summed E-state index contributed by atoms with van der Waals surface area (Å²) in [4.78, 5) is 0. The summed E-state index contributed by atoms with van der Waals surface area (Å²) in [6, 6.07) is 10.4. The molecule has 0 aliphatic rings. The minimum atomic E-state index is 0.466. The van der Waals surface area contributed by atoms with Crippen LogP contribution >= 0.6 is 11.6 Å². The second kappa shape index (κ2) is 6.03. The highest BCUT2D eigenvalue weighted by Crippen LogP contribution is 2.16. The van der Waals surface area contributed by atoms with Crippen molar-refractivity contribution >= 4 is 11.6 Å². The van der Waals surface area contributed by atoms with Gasteiger partial charge < -0.3 is 5.32 Å². The van der Waals surface area contributed by atoms with Gasteiger partial charge in [0.2, 0.25) is 0 Å². The van der Waals surface area contributed by atoms with E-state index in [1.165, 1.54) is 5.69 Å². The van der Waals surface area contributed by atoms with Crippen LogP contribution in [0.1, 0.15) is 25.1 Å². The molecule has 2 aromatic rings. The van der Waals surface area contributed by atoms with Crippen LogP contribution in [0.3, 0.4) is 0 Å². The molecule has 0 bridgehead atoms. The Kier molecular flexibility index (Phi) is 4.39. The number of nitrogens with one attached hydrogen (secondary N) is 1. The number of aromatic nitrogens is 2. The van der Waals surface area contributed by atoms with Crippen LogP contribution in [0.4, 0.5) is 0 Å². The fraction of sp³-hybridized carbons (Fsp3) is 0.357. The lowest BCUT2D eigenvalue weighted by Crippen LogP contribution is -2.23. The molecule has 1 aromatic heterocycles. The van der Waals surface area contributed by atoms with Gasteiger partial charge in [-0.15, -0.1) is 0 Å². The van der Waals surface area contributed by atoms with Gasteiger partial charge in [0.25, 0.3) is 0 Å². The van der Waals surface area contributed by atoms with E-state index in [9.17, 15) is 0 Å². The van der Waals surface area contributed by atoms with Crippen LogP contribution in [-0.4, -0.2) is 15.8 Å². The summed E-state index contributed by atoms with van der Waals surface area (Å²) in [6.45, 7) is 5.80. The SMILES string of the molecule is CC(C)NCc1ccnn1Cc1ccccc1Cl. The van der Waals surface area contributed by atoms with Crippen molar-refractivity contribution < 1.29 is 0 Å². The van der Waals surface area contributed by atoms with Crippen LogP contribution in [0.5, 0.6) is 0 Å². The van der Waals surface area contributed by atoms with Crippen LogP contribution in [0.15, 0.2) is 36.5 Å². The fourth-order valence-electron chi connectivity index (χ4n) is 1.75. The largest absolute Gasteiger partial charge is 0.309 e. The minimum absolute atomic E-state index is 0.466. The summed E-state index contributed by atoms with van der Waals surface area (Å²) in [5.41, 5.74) is 2.26. The van der Waals surface area contributed by atoms with E-state index in [0.717, 1.165) is 17.1 Å². The van der Waals surface area contributed by atoms with Gasteiger partial charge in [0.15, 0.2) is 0 Å². The standard InChI is InChI=1S/C14H18ClN3/c1-11(2)16-9-13-7-8-17-18(13)10-12-5-3-4-6-14(12)15/h3-8,11,16H,9-10H2,1-2H3. The van der Waals surface area contributed by atoms with Crippen molar-refractivity contribution in [1.29, 1.82) is 0 Å². The topological polar surface area (TPSA) is 29.9 Å². The van der Waals surface area contributed by atoms with Crippen LogP contribution in [-0.2, 0) is 13.1 Å². The molecule has 0 aliphatic carbocycles. The van der Waals surface area contributed by atoms with Crippen molar-refractivity contribution in [3.8, 4) is 0 Å². The molecule has 1 aromatic carbocycles. The van der Waals surface area contributed by atoms with Gasteiger partial charge in [-0.05, 0) is 17.7 Å². The smallest absolute Gasteiger partial charge is 0.0677 e. The summed E-state index contributed by atoms with van der Waals surface area (Å²) in [5.74, 6) is 0. The molecule has 0 fully saturated rings. The summed E-state index contributed by atoms with van der Waals surface area (Å²) < 4.78 is 1.98. The van der Waals surface area contributed by atoms with Gasteiger partial charge >= 0.3 is 0 Å². The molecule has 0 radical (unpaired) electrons. The van der Waals surface area contributed by atoms with Gasteiger partial charge in [-0.1, -0.05) is 43.6 Å². The predicted octanol–water partition coefficient (Wildman–Crippen LogP) is 3.08. The van der Waals surface area contributed by atoms with Crippen LogP contribution in [0, 0.1) is 0 Å². The second-order valence-electron chi connectivity index (χ2n) is 4.61. The average Bonchev–Trinajstić information content (AvgIpc) is 2.77. The van der Waals surface area contributed by atoms with Gasteiger partial charge in [-0.2, -0.15) is 5.10 Å². The lowest BCUT2D eigenvalue weighted by molar-refractivity contribution is 0.547. The van der Waals surface area contributed by atoms with Crippen molar-refractivity contribution in [1.82, 2.24) is 15.1 Å². The highest BCUT2D eigenvalue weighted by atomic mass is 35.5. The number of nitrogens with zero attached hydrogens (tertiary/aromatic N) is 2. The molecule has 0 spiro atoms. The second-order valence-corrected chi connectivity index (χ2v) is 5.01. The van der Waals surface area contributed by atoms with Crippen LogP contribution in [0.25, 0.3) is 0 Å². The van der Waals surface area contributed by atoms with Crippen molar-refractivity contribution in [3.05, 3.63) is 52.8 Å². The number of hydrogen-bond acceptors (Lipinski definition) is 2. The maximum atomic E-state index is 6.16. The van der Waals surface area contributed by atoms with Crippen molar-refractivity contribution in [2.45, 2.75) is 33.0 Å². The number of benzene rings is 1. The quantitative estimate of drug-likeness (QED) is 0.899. The van der Waals surface area contributed by atoms with E-state index in [1.54, 1.807) is 0 Å². The summed E-state index contributed by atoms with van der Waals surface area (Å²) in [6.07, 6.45) is 1.83. The Balaban J connectivity index is 2.10. The summed E-state index contributed by atoms with van der Waals surface area (Å²) in [7, 11) is 0. The number of hydrogen-bond donors (Lipinski definition) is 1. The zero-order valence-electron chi connectivity index (χ0n) is 10.7. The molecule has 4 heteroatoms. The van der Waals surface area contributed by atoms with E-state index in [2.05, 4.69) is 24.3 Å². The van der Waals surface area contributed by atoms with E-state index >= 15 is 0 Å². The molecule has 0 aliphatic heterocycles. The molecule has 0 unspecified atom stereocenters. The lowest BCUT2D eigenvalue weighted by Gasteiger charge is -2.11. The molecular formula is C14H18ClN3.